The molecule has 0 amide bonds. The van der Waals surface area contributed by atoms with Gasteiger partial charge in [-0.15, -0.1) is 0 Å². The summed E-state index contributed by atoms with van der Waals surface area (Å²) in [5.41, 5.74) is 6.76. The van der Waals surface area contributed by atoms with Crippen molar-refractivity contribution < 1.29 is 4.74 Å². The van der Waals surface area contributed by atoms with Gasteiger partial charge in [-0.3, -0.25) is 0 Å². The van der Waals surface area contributed by atoms with Crippen molar-refractivity contribution in [3.63, 3.8) is 0 Å². The number of para-hydroxylation sites is 1. The van der Waals surface area contributed by atoms with Crippen LogP contribution in [0.2, 0.25) is 0 Å². The van der Waals surface area contributed by atoms with Gasteiger partial charge in [-0.1, -0.05) is 32.0 Å². The molecule has 1 aromatic rings. The van der Waals surface area contributed by atoms with Gasteiger partial charge in [0.1, 0.15) is 11.9 Å². The third-order valence-electron chi connectivity index (χ3n) is 2.57. The molecule has 0 aliphatic carbocycles. The van der Waals surface area contributed by atoms with Crippen LogP contribution in [-0.2, 0) is 0 Å². The van der Waals surface area contributed by atoms with Gasteiger partial charge in [0.2, 0.25) is 0 Å². The maximum Gasteiger partial charge on any atom is 0.122 e. The maximum absolute atomic E-state index is 5.97. The van der Waals surface area contributed by atoms with E-state index in [0.29, 0.717) is 12.5 Å². The van der Waals surface area contributed by atoms with E-state index in [2.05, 4.69) is 26.8 Å². The Morgan fingerprint density at radius 1 is 1.27 bits per heavy atom. The van der Waals surface area contributed by atoms with Crippen LogP contribution in [0.25, 0.3) is 0 Å². The van der Waals surface area contributed by atoms with Gasteiger partial charge in [-0.2, -0.15) is 0 Å². The fourth-order valence-electron chi connectivity index (χ4n) is 1.54. The molecule has 0 heterocycles. The first-order chi connectivity index (χ1) is 7.15. The molecule has 1 unspecified atom stereocenters. The lowest BCUT2D eigenvalue weighted by Crippen LogP contribution is -2.26. The molecule has 0 saturated heterocycles. The van der Waals surface area contributed by atoms with E-state index in [1.807, 2.05) is 18.2 Å². The molecule has 0 spiro atoms. The lowest BCUT2D eigenvalue weighted by molar-refractivity contribution is 0.143. The van der Waals surface area contributed by atoms with Crippen LogP contribution in [0.4, 0.5) is 0 Å². The zero-order valence-corrected chi connectivity index (χ0v) is 9.86. The molecular weight excluding hydrogens is 186 g/mol. The predicted molar refractivity (Wildman–Crippen MR) is 64.1 cm³/mol. The number of hydrogen-bond donors (Lipinski definition) is 1. The smallest absolute Gasteiger partial charge is 0.122 e. The van der Waals surface area contributed by atoms with Crippen molar-refractivity contribution in [3.8, 4) is 5.75 Å². The summed E-state index contributed by atoms with van der Waals surface area (Å²) < 4.78 is 5.97. The highest BCUT2D eigenvalue weighted by molar-refractivity contribution is 5.31. The summed E-state index contributed by atoms with van der Waals surface area (Å²) >= 11 is 0. The molecule has 1 aromatic carbocycles. The van der Waals surface area contributed by atoms with Crippen LogP contribution in [0, 0.1) is 12.8 Å². The molecule has 0 aliphatic rings. The largest absolute Gasteiger partial charge is 0.490 e. The average molecular weight is 207 g/mol. The Bertz CT molecular complexity index is 296. The summed E-state index contributed by atoms with van der Waals surface area (Å²) in [5.74, 6) is 1.47. The standard InChI is InChI=1S/C13H21NO/c1-10(2)12(8-9-14)15-13-7-5-4-6-11(13)3/h4-7,10,12H,8-9,14H2,1-3H3. The number of hydrogen-bond acceptors (Lipinski definition) is 2. The number of nitrogens with two attached hydrogens (primary N) is 1. The summed E-state index contributed by atoms with van der Waals surface area (Å²) in [4.78, 5) is 0. The van der Waals surface area contributed by atoms with Crippen molar-refractivity contribution >= 4 is 0 Å². The predicted octanol–water partition coefficient (Wildman–Crippen LogP) is 2.75. The highest BCUT2D eigenvalue weighted by Gasteiger charge is 2.14. The molecule has 0 aliphatic heterocycles. The van der Waals surface area contributed by atoms with Crippen molar-refractivity contribution in [2.75, 3.05) is 6.54 Å². The van der Waals surface area contributed by atoms with Crippen molar-refractivity contribution in [2.45, 2.75) is 33.3 Å². The van der Waals surface area contributed by atoms with Crippen LogP contribution in [0.5, 0.6) is 5.75 Å². The number of rotatable bonds is 5. The van der Waals surface area contributed by atoms with Crippen LogP contribution in [0.15, 0.2) is 24.3 Å². The molecule has 2 N–H and O–H groups in total. The lowest BCUT2D eigenvalue weighted by atomic mass is 10.0. The first-order valence-corrected chi connectivity index (χ1v) is 5.57. The van der Waals surface area contributed by atoms with Crippen molar-refractivity contribution in [2.24, 2.45) is 11.7 Å². The maximum atomic E-state index is 5.97. The second kappa shape index (κ2) is 5.76. The third kappa shape index (κ3) is 3.56. The molecule has 2 nitrogen and oxygen atoms in total. The van der Waals surface area contributed by atoms with Gasteiger partial charge in [0, 0.05) is 0 Å². The van der Waals surface area contributed by atoms with Crippen molar-refractivity contribution in [3.05, 3.63) is 29.8 Å². The van der Waals surface area contributed by atoms with E-state index in [1.54, 1.807) is 0 Å². The van der Waals surface area contributed by atoms with Crippen LogP contribution < -0.4 is 10.5 Å². The van der Waals surface area contributed by atoms with Gasteiger partial charge >= 0.3 is 0 Å². The summed E-state index contributed by atoms with van der Waals surface area (Å²) in [6, 6.07) is 8.11. The minimum absolute atomic E-state index is 0.219. The molecule has 2 heteroatoms. The molecular formula is C13H21NO. The van der Waals surface area contributed by atoms with E-state index in [-0.39, 0.29) is 6.10 Å². The average Bonchev–Trinajstić information content (AvgIpc) is 2.20. The fourth-order valence-corrected chi connectivity index (χ4v) is 1.54. The summed E-state index contributed by atoms with van der Waals surface area (Å²) in [6.45, 7) is 7.07. The van der Waals surface area contributed by atoms with E-state index < -0.39 is 0 Å². The van der Waals surface area contributed by atoms with Gasteiger partial charge in [0.25, 0.3) is 0 Å². The highest BCUT2D eigenvalue weighted by Crippen LogP contribution is 2.21. The molecule has 84 valence electrons. The van der Waals surface area contributed by atoms with Gasteiger partial charge in [-0.25, -0.2) is 0 Å². The first-order valence-electron chi connectivity index (χ1n) is 5.57. The third-order valence-corrected chi connectivity index (χ3v) is 2.57. The van der Waals surface area contributed by atoms with Gasteiger partial charge in [-0.05, 0) is 37.4 Å². The molecule has 0 aromatic heterocycles. The zero-order chi connectivity index (χ0) is 11.3. The minimum atomic E-state index is 0.219. The minimum Gasteiger partial charge on any atom is -0.490 e. The first kappa shape index (κ1) is 12.1. The second-order valence-corrected chi connectivity index (χ2v) is 4.24. The van der Waals surface area contributed by atoms with E-state index in [9.17, 15) is 0 Å². The fraction of sp³-hybridized carbons (Fsp3) is 0.538. The Hall–Kier alpha value is -1.02. The summed E-state index contributed by atoms with van der Waals surface area (Å²) in [7, 11) is 0. The molecule has 15 heavy (non-hydrogen) atoms. The van der Waals surface area contributed by atoms with Crippen molar-refractivity contribution in [1.82, 2.24) is 0 Å². The van der Waals surface area contributed by atoms with Crippen LogP contribution in [0.1, 0.15) is 25.8 Å². The number of aryl methyl sites for hydroxylation is 1. The summed E-state index contributed by atoms with van der Waals surface area (Å²) in [6.07, 6.45) is 1.13. The van der Waals surface area contributed by atoms with Crippen LogP contribution >= 0.6 is 0 Å². The van der Waals surface area contributed by atoms with Crippen molar-refractivity contribution in [1.29, 1.82) is 0 Å². The van der Waals surface area contributed by atoms with Gasteiger partial charge in [0.15, 0.2) is 0 Å². The Morgan fingerprint density at radius 3 is 2.47 bits per heavy atom. The van der Waals surface area contributed by atoms with E-state index in [1.165, 1.54) is 5.56 Å². The van der Waals surface area contributed by atoms with Gasteiger partial charge in [0.05, 0.1) is 0 Å². The lowest BCUT2D eigenvalue weighted by Gasteiger charge is -2.23. The molecule has 0 bridgehead atoms. The Balaban J connectivity index is 2.69. The van der Waals surface area contributed by atoms with Gasteiger partial charge < -0.3 is 10.5 Å². The number of benzene rings is 1. The van der Waals surface area contributed by atoms with Crippen LogP contribution in [0.3, 0.4) is 0 Å². The Kier molecular flexibility index (Phi) is 4.63. The second-order valence-electron chi connectivity index (χ2n) is 4.24. The van der Waals surface area contributed by atoms with Crippen LogP contribution in [-0.4, -0.2) is 12.6 Å². The quantitative estimate of drug-likeness (QED) is 0.805. The SMILES string of the molecule is Cc1ccccc1OC(CCN)C(C)C. The molecule has 1 atom stereocenters. The topological polar surface area (TPSA) is 35.2 Å². The molecule has 0 saturated carbocycles. The van der Waals surface area contributed by atoms with E-state index >= 15 is 0 Å². The number of ether oxygens (including phenoxy) is 1. The van der Waals surface area contributed by atoms with E-state index in [4.69, 9.17) is 10.5 Å². The normalized spacial score (nSPS) is 12.9. The van der Waals surface area contributed by atoms with E-state index in [0.717, 1.165) is 12.2 Å². The highest BCUT2D eigenvalue weighted by atomic mass is 16.5. The summed E-state index contributed by atoms with van der Waals surface area (Å²) in [5, 5.41) is 0. The monoisotopic (exact) mass is 207 g/mol. The zero-order valence-electron chi connectivity index (χ0n) is 9.86. The molecule has 0 fully saturated rings. The molecule has 1 rings (SSSR count). The molecule has 0 radical (unpaired) electrons. The Labute approximate surface area is 92.4 Å². The Morgan fingerprint density at radius 2 is 1.93 bits per heavy atom.